The van der Waals surface area contributed by atoms with E-state index < -0.39 is 0 Å². The van der Waals surface area contributed by atoms with Crippen LogP contribution in [0.2, 0.25) is 0 Å². The van der Waals surface area contributed by atoms with E-state index in [0.717, 1.165) is 44.9 Å². The van der Waals surface area contributed by atoms with E-state index in [-0.39, 0.29) is 37.0 Å². The Morgan fingerprint density at radius 2 is 1.38 bits per heavy atom. The van der Waals surface area contributed by atoms with Crippen molar-refractivity contribution in [2.24, 2.45) is 11.8 Å². The van der Waals surface area contributed by atoms with Gasteiger partial charge in [0.05, 0.1) is 24.7 Å². The van der Waals surface area contributed by atoms with Gasteiger partial charge in [-0.3, -0.25) is 16.0 Å². The summed E-state index contributed by atoms with van der Waals surface area (Å²) < 4.78 is 0. The first-order valence-corrected chi connectivity index (χ1v) is 18.5. The highest BCUT2D eigenvalue weighted by atomic mass is 15.4. The number of allylic oxidation sites excluding steroid dienone is 12. The van der Waals surface area contributed by atoms with Crippen molar-refractivity contribution in [1.82, 2.24) is 26.6 Å². The monoisotopic (exact) mass is 639 g/mol. The fourth-order valence-corrected chi connectivity index (χ4v) is 8.34. The van der Waals surface area contributed by atoms with Crippen LogP contribution in [-0.4, -0.2) is 30.8 Å². The van der Waals surface area contributed by atoms with Crippen molar-refractivity contribution in [1.29, 1.82) is 0 Å². The predicted molar refractivity (Wildman–Crippen MR) is 197 cm³/mol. The molecule has 7 unspecified atom stereocenters. The highest BCUT2D eigenvalue weighted by Gasteiger charge is 2.33. The summed E-state index contributed by atoms with van der Waals surface area (Å²) in [5, 5.41) is 25.0. The van der Waals surface area contributed by atoms with Gasteiger partial charge in [0.1, 0.15) is 0 Å². The highest BCUT2D eigenvalue weighted by molar-refractivity contribution is 5.49. The van der Waals surface area contributed by atoms with E-state index in [2.05, 4.69) is 136 Å². The zero-order valence-corrected chi connectivity index (χ0v) is 28.0. The van der Waals surface area contributed by atoms with Gasteiger partial charge in [0.2, 0.25) is 0 Å². The second kappa shape index (κ2) is 15.0. The van der Waals surface area contributed by atoms with Gasteiger partial charge in [-0.15, -0.1) is 0 Å². The summed E-state index contributed by atoms with van der Waals surface area (Å²) in [5.41, 5.74) is 8.30. The lowest BCUT2D eigenvalue weighted by atomic mass is 9.84. The van der Waals surface area contributed by atoms with Crippen LogP contribution in [0.1, 0.15) is 75.9 Å². The van der Waals surface area contributed by atoms with Gasteiger partial charge in [0.25, 0.3) is 0 Å². The lowest BCUT2D eigenvalue weighted by Crippen LogP contribution is -2.68. The van der Waals surface area contributed by atoms with Crippen LogP contribution >= 0.6 is 0 Å². The fourth-order valence-electron chi connectivity index (χ4n) is 8.34. The third kappa shape index (κ3) is 7.30. The first kappa shape index (κ1) is 31.9. The maximum absolute atomic E-state index is 5.45. The summed E-state index contributed by atoms with van der Waals surface area (Å²) in [7, 11) is 0. The lowest BCUT2D eigenvalue weighted by Gasteiger charge is -2.55. The summed E-state index contributed by atoms with van der Waals surface area (Å²) in [6.07, 6.45) is 42.3. The van der Waals surface area contributed by atoms with Gasteiger partial charge in [-0.05, 0) is 109 Å². The molecule has 0 aromatic heterocycles. The Balaban J connectivity index is 1.03. The Kier molecular flexibility index (Phi) is 9.99. The molecule has 0 amide bonds. The van der Waals surface area contributed by atoms with Crippen LogP contribution in [0, 0.1) is 11.8 Å². The summed E-state index contributed by atoms with van der Waals surface area (Å²) in [6, 6.07) is 10.8. The number of nitrogens with one attached hydrogen (secondary N) is 5. The molecule has 1 aromatic rings. The Bertz CT molecular complexity index is 1550. The Hall–Kier alpha value is -3.36. The van der Waals surface area contributed by atoms with Gasteiger partial charge in [0.15, 0.2) is 0 Å². The minimum atomic E-state index is 0.0563. The zero-order valence-electron chi connectivity index (χ0n) is 28.0. The lowest BCUT2D eigenvalue weighted by molar-refractivity contribution is 0.241. The number of hydrogen-bond acceptors (Lipinski definition) is 5. The van der Waals surface area contributed by atoms with E-state index >= 15 is 0 Å². The molecule has 8 rings (SSSR count). The molecule has 6 nitrogen and oxygen atoms in total. The van der Waals surface area contributed by atoms with Gasteiger partial charge in [-0.1, -0.05) is 122 Å². The van der Waals surface area contributed by atoms with Crippen LogP contribution in [0.4, 0.5) is 0 Å². The Labute approximate surface area is 287 Å². The quantitative estimate of drug-likeness (QED) is 0.198. The SMILES string of the molecule is C1=CCCC(C2NC(C3=CCCC(C4=CC(C5[N-]C(C6C=CCCC6)NC(c6ccccc6)N5)CC=C4)=C3)NC(C3=CC=CCC3)N2)=C1. The van der Waals surface area contributed by atoms with Crippen molar-refractivity contribution < 1.29 is 0 Å². The molecule has 1 aromatic carbocycles. The largest absolute Gasteiger partial charge is 0.631 e. The van der Waals surface area contributed by atoms with Crippen molar-refractivity contribution >= 4 is 0 Å². The minimum absolute atomic E-state index is 0.0563. The molecule has 250 valence electrons. The maximum Gasteiger partial charge on any atom is 0.0861 e. The van der Waals surface area contributed by atoms with Gasteiger partial charge in [-0.25, -0.2) is 0 Å². The highest BCUT2D eigenvalue weighted by Crippen LogP contribution is 2.37. The molecule has 2 fully saturated rings. The molecule has 0 saturated carbocycles. The van der Waals surface area contributed by atoms with Crippen LogP contribution in [0.3, 0.4) is 0 Å². The molecule has 6 heteroatoms. The number of benzene rings is 1. The molecule has 2 aliphatic heterocycles. The zero-order chi connectivity index (χ0) is 32.1. The van der Waals surface area contributed by atoms with Crippen LogP contribution in [0.5, 0.6) is 0 Å². The maximum atomic E-state index is 5.45. The molecule has 7 atom stereocenters. The molecule has 2 saturated heterocycles. The molecule has 5 N–H and O–H groups in total. The number of hydrogen-bond donors (Lipinski definition) is 5. The minimum Gasteiger partial charge on any atom is -0.631 e. The van der Waals surface area contributed by atoms with Crippen molar-refractivity contribution in [2.45, 2.75) is 101 Å². The summed E-state index contributed by atoms with van der Waals surface area (Å²) in [4.78, 5) is 0. The molecule has 5 aliphatic carbocycles. The van der Waals surface area contributed by atoms with Crippen LogP contribution in [0.25, 0.3) is 5.32 Å². The molecule has 2 heterocycles. The van der Waals surface area contributed by atoms with Gasteiger partial charge >= 0.3 is 0 Å². The average molecular weight is 640 g/mol. The molecule has 0 radical (unpaired) electrons. The number of nitrogens with zero attached hydrogens (tertiary/aromatic N) is 1. The van der Waals surface area contributed by atoms with Gasteiger partial charge in [-0.2, -0.15) is 0 Å². The van der Waals surface area contributed by atoms with E-state index in [0.29, 0.717) is 11.8 Å². The van der Waals surface area contributed by atoms with E-state index in [1.807, 2.05) is 0 Å². The third-order valence-electron chi connectivity index (χ3n) is 11.0. The predicted octanol–water partition coefficient (Wildman–Crippen LogP) is 7.72. The molecule has 0 bridgehead atoms. The second-order valence-electron chi connectivity index (χ2n) is 14.3. The Morgan fingerprint density at radius 1 is 0.646 bits per heavy atom. The standard InChI is InChI=1S/C42H51N6/c1-5-15-29(16-6-1)37-43-38(30-17-7-2-8-18-30)46-41(45-37)35-25-13-23-33(27-35)34-24-14-26-36(28-34)42-47-39(31-19-9-3-10-20-31)44-40(48-42)32-21-11-4-12-22-32/h1-3,5,7,9-11,14-15,17,19-21,24-25,27-28,32,36-47H,4,6,8,12-13,16,18,22-23,26H2/q-1. The van der Waals surface area contributed by atoms with E-state index in [1.165, 1.54) is 52.7 Å². The third-order valence-corrected chi connectivity index (χ3v) is 11.0. The van der Waals surface area contributed by atoms with Crippen LogP contribution in [-0.2, 0) is 0 Å². The molecule has 7 aliphatic rings. The summed E-state index contributed by atoms with van der Waals surface area (Å²) in [6.45, 7) is 0. The summed E-state index contributed by atoms with van der Waals surface area (Å²) >= 11 is 0. The van der Waals surface area contributed by atoms with E-state index in [1.54, 1.807) is 0 Å². The van der Waals surface area contributed by atoms with Gasteiger partial charge < -0.3 is 16.0 Å². The van der Waals surface area contributed by atoms with E-state index in [9.17, 15) is 0 Å². The number of rotatable bonds is 7. The normalized spacial score (nSPS) is 35.3. The van der Waals surface area contributed by atoms with Gasteiger partial charge in [0, 0.05) is 0 Å². The molecular weight excluding hydrogens is 589 g/mol. The van der Waals surface area contributed by atoms with Crippen molar-refractivity contribution in [3.05, 3.63) is 148 Å². The molecule has 48 heavy (non-hydrogen) atoms. The topological polar surface area (TPSA) is 74.2 Å². The second-order valence-corrected chi connectivity index (χ2v) is 14.3. The summed E-state index contributed by atoms with van der Waals surface area (Å²) in [5.74, 6) is 0.759. The average Bonchev–Trinajstić information content (AvgIpc) is 3.19. The van der Waals surface area contributed by atoms with E-state index in [4.69, 9.17) is 5.32 Å². The smallest absolute Gasteiger partial charge is 0.0861 e. The van der Waals surface area contributed by atoms with Crippen molar-refractivity contribution in [3.8, 4) is 0 Å². The first-order valence-electron chi connectivity index (χ1n) is 18.5. The Morgan fingerprint density at radius 3 is 2.06 bits per heavy atom. The molecule has 0 spiro atoms. The fraction of sp³-hybridized carbons (Fsp3) is 0.429. The van der Waals surface area contributed by atoms with Crippen LogP contribution in [0.15, 0.2) is 137 Å². The molecular formula is C42H51N6-. The van der Waals surface area contributed by atoms with Crippen molar-refractivity contribution in [3.63, 3.8) is 0 Å². The first-order chi connectivity index (χ1) is 23.8. The van der Waals surface area contributed by atoms with Crippen molar-refractivity contribution in [2.75, 3.05) is 0 Å². The van der Waals surface area contributed by atoms with Crippen LogP contribution < -0.4 is 26.6 Å².